The van der Waals surface area contributed by atoms with Crippen LogP contribution in [0.4, 0.5) is 4.39 Å². The van der Waals surface area contributed by atoms with Gasteiger partial charge in [-0.25, -0.2) is 4.39 Å². The molecule has 1 N–H and O–H groups in total. The molecule has 7 heteroatoms. The van der Waals surface area contributed by atoms with Crippen molar-refractivity contribution in [2.24, 2.45) is 0 Å². The fraction of sp³-hybridized carbons (Fsp3) is 0.368. The zero-order valence-corrected chi connectivity index (χ0v) is 15.6. The number of piperazine rings is 1. The second-order valence-corrected chi connectivity index (χ2v) is 7.50. The highest BCUT2D eigenvalue weighted by Gasteiger charge is 2.26. The Kier molecular flexibility index (Phi) is 6.00. The van der Waals surface area contributed by atoms with Crippen LogP contribution in [-0.4, -0.2) is 61.4 Å². The van der Waals surface area contributed by atoms with Crippen molar-refractivity contribution < 1.29 is 18.9 Å². The number of hydrogen-bond donors (Lipinski definition) is 1. The van der Waals surface area contributed by atoms with Crippen molar-refractivity contribution in [2.45, 2.75) is 6.54 Å². The standard InChI is InChI=1S/C19H22FN3O2S/c1-21(13-15-5-2-3-6-16(15)20)14-18(24)22-8-10-23(11-9-22)19(25)17-7-4-12-26-17/h2-7,12H,8-11,13-14H2,1H3/p+1. The number of quaternary nitrogens is 1. The van der Waals surface area contributed by atoms with Crippen LogP contribution < -0.4 is 4.90 Å². The van der Waals surface area contributed by atoms with E-state index >= 15 is 0 Å². The number of carbonyl (C=O) groups excluding carboxylic acids is 2. The average molecular weight is 376 g/mol. The van der Waals surface area contributed by atoms with E-state index in [1.165, 1.54) is 17.4 Å². The maximum absolute atomic E-state index is 13.7. The molecule has 0 saturated carbocycles. The van der Waals surface area contributed by atoms with Gasteiger partial charge in [0.05, 0.1) is 11.9 Å². The van der Waals surface area contributed by atoms with Gasteiger partial charge in [-0.1, -0.05) is 24.3 Å². The van der Waals surface area contributed by atoms with Crippen LogP contribution in [0.15, 0.2) is 41.8 Å². The van der Waals surface area contributed by atoms with E-state index in [0.29, 0.717) is 44.8 Å². The predicted octanol–water partition coefficient (Wildman–Crippen LogP) is 0.887. The molecule has 1 atom stereocenters. The highest BCUT2D eigenvalue weighted by Crippen LogP contribution is 2.13. The van der Waals surface area contributed by atoms with Gasteiger partial charge in [-0.15, -0.1) is 11.3 Å². The highest BCUT2D eigenvalue weighted by molar-refractivity contribution is 7.12. The Hall–Kier alpha value is -2.25. The summed E-state index contributed by atoms with van der Waals surface area (Å²) in [6, 6.07) is 10.3. The van der Waals surface area contributed by atoms with Crippen LogP contribution >= 0.6 is 11.3 Å². The smallest absolute Gasteiger partial charge is 0.277 e. The van der Waals surface area contributed by atoms with Crippen LogP contribution in [0.5, 0.6) is 0 Å². The first kappa shape index (κ1) is 18.5. The fourth-order valence-corrected chi connectivity index (χ4v) is 3.81. The minimum absolute atomic E-state index is 0.0365. The molecule has 1 aromatic heterocycles. The van der Waals surface area contributed by atoms with Crippen molar-refractivity contribution in [3.05, 3.63) is 58.0 Å². The van der Waals surface area contributed by atoms with Crippen LogP contribution in [0, 0.1) is 5.82 Å². The number of nitrogens with zero attached hydrogens (tertiary/aromatic N) is 2. The minimum atomic E-state index is -0.236. The molecule has 1 saturated heterocycles. The molecular weight excluding hydrogens is 353 g/mol. The molecule has 3 rings (SSSR count). The monoisotopic (exact) mass is 376 g/mol. The SMILES string of the molecule is C[NH+](CC(=O)N1CCN(C(=O)c2cccs2)CC1)Cc1ccccc1F. The maximum Gasteiger partial charge on any atom is 0.277 e. The van der Waals surface area contributed by atoms with E-state index in [1.54, 1.807) is 28.0 Å². The summed E-state index contributed by atoms with van der Waals surface area (Å²) in [5.74, 6) is -0.156. The lowest BCUT2D eigenvalue weighted by molar-refractivity contribution is -0.885. The third-order valence-electron chi connectivity index (χ3n) is 4.55. The molecule has 0 spiro atoms. The summed E-state index contributed by atoms with van der Waals surface area (Å²) < 4.78 is 13.7. The lowest BCUT2D eigenvalue weighted by Gasteiger charge is -2.34. The quantitative estimate of drug-likeness (QED) is 0.842. The number of carbonyl (C=O) groups is 2. The molecule has 0 radical (unpaired) electrons. The molecule has 2 heterocycles. The Morgan fingerprint density at radius 3 is 2.42 bits per heavy atom. The van der Waals surface area contributed by atoms with Crippen molar-refractivity contribution in [1.82, 2.24) is 9.80 Å². The molecule has 1 aliphatic rings. The predicted molar refractivity (Wildman–Crippen MR) is 98.7 cm³/mol. The van der Waals surface area contributed by atoms with Crippen LogP contribution in [0.2, 0.25) is 0 Å². The van der Waals surface area contributed by atoms with Crippen molar-refractivity contribution in [2.75, 3.05) is 39.8 Å². The van der Waals surface area contributed by atoms with Crippen LogP contribution in [0.25, 0.3) is 0 Å². The van der Waals surface area contributed by atoms with Crippen molar-refractivity contribution in [3.63, 3.8) is 0 Å². The lowest BCUT2D eigenvalue weighted by atomic mass is 10.2. The first-order valence-electron chi connectivity index (χ1n) is 8.70. The van der Waals surface area contributed by atoms with Gasteiger partial charge in [0.25, 0.3) is 11.8 Å². The first-order chi connectivity index (χ1) is 12.5. The van der Waals surface area contributed by atoms with Gasteiger partial charge in [0.2, 0.25) is 0 Å². The van der Waals surface area contributed by atoms with E-state index in [0.717, 1.165) is 9.78 Å². The van der Waals surface area contributed by atoms with E-state index in [4.69, 9.17) is 0 Å². The zero-order chi connectivity index (χ0) is 18.5. The normalized spacial score (nSPS) is 15.8. The molecule has 0 aliphatic carbocycles. The molecule has 26 heavy (non-hydrogen) atoms. The summed E-state index contributed by atoms with van der Waals surface area (Å²) in [6.07, 6.45) is 0. The molecule has 0 bridgehead atoms. The number of halogens is 1. The van der Waals surface area contributed by atoms with E-state index in [2.05, 4.69) is 0 Å². The second-order valence-electron chi connectivity index (χ2n) is 6.55. The number of rotatable bonds is 5. The van der Waals surface area contributed by atoms with Gasteiger partial charge in [0, 0.05) is 31.7 Å². The Morgan fingerprint density at radius 2 is 1.77 bits per heavy atom. The number of benzene rings is 1. The van der Waals surface area contributed by atoms with E-state index in [1.807, 2.05) is 24.6 Å². The molecule has 1 aromatic carbocycles. The summed E-state index contributed by atoms with van der Waals surface area (Å²) >= 11 is 1.44. The maximum atomic E-state index is 13.7. The molecule has 2 aromatic rings. The van der Waals surface area contributed by atoms with Gasteiger partial charge in [-0.3, -0.25) is 9.59 Å². The topological polar surface area (TPSA) is 45.1 Å². The zero-order valence-electron chi connectivity index (χ0n) is 14.8. The molecule has 1 unspecified atom stereocenters. The Labute approximate surface area is 156 Å². The number of amides is 2. The fourth-order valence-electron chi connectivity index (χ4n) is 3.11. The largest absolute Gasteiger partial charge is 0.334 e. The van der Waals surface area contributed by atoms with Gasteiger partial charge in [-0.05, 0) is 17.5 Å². The third kappa shape index (κ3) is 4.47. The second kappa shape index (κ2) is 8.42. The van der Waals surface area contributed by atoms with E-state index in [9.17, 15) is 14.0 Å². The first-order valence-corrected chi connectivity index (χ1v) is 9.58. The van der Waals surface area contributed by atoms with Crippen molar-refractivity contribution in [3.8, 4) is 0 Å². The van der Waals surface area contributed by atoms with Gasteiger partial charge in [-0.2, -0.15) is 0 Å². The van der Waals surface area contributed by atoms with Gasteiger partial charge in [0.1, 0.15) is 12.4 Å². The van der Waals surface area contributed by atoms with Gasteiger partial charge in [0.15, 0.2) is 6.54 Å². The Bertz CT molecular complexity index is 758. The molecule has 138 valence electrons. The molecular formula is C19H23FN3O2S+. The van der Waals surface area contributed by atoms with Crippen molar-refractivity contribution in [1.29, 1.82) is 0 Å². The number of hydrogen-bond acceptors (Lipinski definition) is 3. The van der Waals surface area contributed by atoms with Crippen molar-refractivity contribution >= 4 is 23.2 Å². The Balaban J connectivity index is 1.47. The highest BCUT2D eigenvalue weighted by atomic mass is 32.1. The average Bonchev–Trinajstić information content (AvgIpc) is 3.18. The van der Waals surface area contributed by atoms with Crippen LogP contribution in [-0.2, 0) is 11.3 Å². The summed E-state index contributed by atoms with van der Waals surface area (Å²) in [5.41, 5.74) is 0.615. The van der Waals surface area contributed by atoms with Gasteiger partial charge < -0.3 is 14.7 Å². The summed E-state index contributed by atoms with van der Waals surface area (Å²) in [4.78, 5) is 30.1. The van der Waals surface area contributed by atoms with Crippen LogP contribution in [0.3, 0.4) is 0 Å². The summed E-state index contributed by atoms with van der Waals surface area (Å²) in [5, 5.41) is 1.89. The molecule has 5 nitrogen and oxygen atoms in total. The summed E-state index contributed by atoms with van der Waals surface area (Å²) in [7, 11) is 1.89. The third-order valence-corrected chi connectivity index (χ3v) is 5.41. The van der Waals surface area contributed by atoms with Crippen LogP contribution in [0.1, 0.15) is 15.2 Å². The van der Waals surface area contributed by atoms with E-state index in [-0.39, 0.29) is 17.6 Å². The molecule has 1 fully saturated rings. The number of likely N-dealkylation sites (N-methyl/N-ethyl adjacent to an activating group) is 1. The lowest BCUT2D eigenvalue weighted by Crippen LogP contribution is -3.09. The number of nitrogens with one attached hydrogen (secondary N) is 1. The Morgan fingerprint density at radius 1 is 1.08 bits per heavy atom. The minimum Gasteiger partial charge on any atom is -0.334 e. The number of thiophene rings is 1. The molecule has 1 aliphatic heterocycles. The summed E-state index contributed by atoms with van der Waals surface area (Å²) in [6.45, 7) is 2.97. The molecule has 2 amide bonds. The van der Waals surface area contributed by atoms with Gasteiger partial charge >= 0.3 is 0 Å². The van der Waals surface area contributed by atoms with E-state index < -0.39 is 0 Å².